The van der Waals surface area contributed by atoms with E-state index >= 15 is 0 Å². The first kappa shape index (κ1) is 16.3. The molecule has 128 valence electrons. The van der Waals surface area contributed by atoms with E-state index in [9.17, 15) is 9.59 Å². The fourth-order valence-corrected chi connectivity index (χ4v) is 4.36. The van der Waals surface area contributed by atoms with Crippen molar-refractivity contribution >= 4 is 57.4 Å². The number of nitrogens with one attached hydrogen (secondary N) is 1. The number of hydrogen-bond acceptors (Lipinski definition) is 3. The van der Waals surface area contributed by atoms with Gasteiger partial charge in [-0.1, -0.05) is 43.5 Å². The molecule has 0 unspecified atom stereocenters. The van der Waals surface area contributed by atoms with Crippen molar-refractivity contribution in [3.8, 4) is 0 Å². The number of aryl methyl sites for hydroxylation is 1. The lowest BCUT2D eigenvalue weighted by Crippen LogP contribution is -2.22. The number of carbonyl (C=O) groups is 2. The Bertz CT molecular complexity index is 1140. The largest absolute Gasteiger partial charge is 0.350 e. The van der Waals surface area contributed by atoms with Crippen molar-refractivity contribution in [3.05, 3.63) is 70.6 Å². The summed E-state index contributed by atoms with van der Waals surface area (Å²) in [6, 6.07) is 7.83. The molecule has 1 aliphatic rings. The Labute approximate surface area is 154 Å². The highest BCUT2D eigenvalue weighted by molar-refractivity contribution is 7.11. The maximum absolute atomic E-state index is 12.7. The summed E-state index contributed by atoms with van der Waals surface area (Å²) in [6.07, 6.45) is 5.33. The number of benzene rings is 1. The van der Waals surface area contributed by atoms with Crippen LogP contribution >= 0.6 is 11.3 Å². The van der Waals surface area contributed by atoms with Crippen LogP contribution in [0, 0.1) is 0 Å². The molecule has 0 aliphatic carbocycles. The highest BCUT2D eigenvalue weighted by Gasteiger charge is 2.35. The second-order valence-corrected chi connectivity index (χ2v) is 6.95. The zero-order chi connectivity index (χ0) is 18.4. The minimum absolute atomic E-state index is 0.372. The second-order valence-electron chi connectivity index (χ2n) is 6.04. The summed E-state index contributed by atoms with van der Waals surface area (Å²) >= 11 is 1.48. The Kier molecular flexibility index (Phi) is 3.74. The van der Waals surface area contributed by atoms with Crippen molar-refractivity contribution in [2.45, 2.75) is 0 Å². The van der Waals surface area contributed by atoms with E-state index in [-0.39, 0.29) is 11.8 Å². The maximum Gasteiger partial charge on any atom is 0.259 e. The average molecular weight is 360 g/mol. The molecule has 26 heavy (non-hydrogen) atoms. The van der Waals surface area contributed by atoms with Gasteiger partial charge in [-0.05, 0) is 11.6 Å². The van der Waals surface area contributed by atoms with E-state index in [2.05, 4.69) is 18.5 Å². The molecule has 0 atom stereocenters. The Balaban J connectivity index is 2.07. The van der Waals surface area contributed by atoms with Crippen LogP contribution in [0.2, 0.25) is 0 Å². The molecule has 0 radical (unpaired) electrons. The number of imide groups is 1. The summed E-state index contributed by atoms with van der Waals surface area (Å²) in [6.45, 7) is 7.67. The van der Waals surface area contributed by atoms with Crippen molar-refractivity contribution in [1.82, 2.24) is 9.88 Å². The van der Waals surface area contributed by atoms with Crippen molar-refractivity contribution in [2.75, 3.05) is 0 Å². The number of nitrogens with zero attached hydrogens (tertiary/aromatic N) is 1. The minimum Gasteiger partial charge on any atom is -0.350 e. The van der Waals surface area contributed by atoms with Gasteiger partial charge in [0.05, 0.1) is 11.1 Å². The number of hydrogen-bond donors (Lipinski definition) is 1. The van der Waals surface area contributed by atoms with Crippen LogP contribution in [0.25, 0.3) is 34.2 Å². The van der Waals surface area contributed by atoms with Gasteiger partial charge in [-0.15, -0.1) is 11.3 Å². The van der Waals surface area contributed by atoms with Crippen molar-refractivity contribution < 1.29 is 9.59 Å². The van der Waals surface area contributed by atoms with Gasteiger partial charge in [0.2, 0.25) is 0 Å². The van der Waals surface area contributed by atoms with Gasteiger partial charge in [-0.3, -0.25) is 14.9 Å². The van der Waals surface area contributed by atoms with E-state index in [1.54, 1.807) is 12.2 Å². The molecule has 1 aromatic carbocycles. The van der Waals surface area contributed by atoms with Gasteiger partial charge < -0.3 is 4.57 Å². The van der Waals surface area contributed by atoms with Gasteiger partial charge in [-0.2, -0.15) is 0 Å². The summed E-state index contributed by atoms with van der Waals surface area (Å²) in [5.41, 5.74) is 4.09. The first-order chi connectivity index (χ1) is 12.6. The molecule has 3 heterocycles. The van der Waals surface area contributed by atoms with E-state index in [1.807, 2.05) is 47.5 Å². The zero-order valence-corrected chi connectivity index (χ0v) is 15.0. The topological polar surface area (TPSA) is 51.1 Å². The number of fused-ring (bicyclic) bond motifs is 1. The second kappa shape index (κ2) is 5.97. The lowest BCUT2D eigenvalue weighted by Gasteiger charge is -2.04. The summed E-state index contributed by atoms with van der Waals surface area (Å²) in [4.78, 5) is 26.2. The molecule has 0 spiro atoms. The van der Waals surface area contributed by atoms with Crippen LogP contribution in [0.15, 0.2) is 49.0 Å². The molecule has 4 rings (SSSR count). The van der Waals surface area contributed by atoms with Crippen LogP contribution in [-0.4, -0.2) is 16.4 Å². The molecular weight excluding hydrogens is 344 g/mol. The molecule has 0 saturated carbocycles. The van der Waals surface area contributed by atoms with Gasteiger partial charge in [0, 0.05) is 45.5 Å². The zero-order valence-electron chi connectivity index (χ0n) is 14.2. The summed E-state index contributed by atoms with van der Waals surface area (Å²) in [5.74, 6) is -0.753. The molecular formula is C21H16N2O2S. The van der Waals surface area contributed by atoms with Crippen LogP contribution in [0.1, 0.15) is 21.6 Å². The third-order valence-corrected chi connectivity index (χ3v) is 5.61. The van der Waals surface area contributed by atoms with E-state index in [0.29, 0.717) is 16.7 Å². The standard InChI is InChI=1S/C21H16N2O2S/c1-4-12-15(11-26-17(12)5-2)19-18(20(24)22-21(19)25)14-10-23(3)16-9-7-6-8-13(14)16/h4-11H,1-2H2,3H3,(H,22,24,25). The molecule has 2 aromatic heterocycles. The Morgan fingerprint density at radius 3 is 2.42 bits per heavy atom. The molecule has 0 saturated heterocycles. The summed E-state index contributed by atoms with van der Waals surface area (Å²) in [5, 5.41) is 5.27. The van der Waals surface area contributed by atoms with Gasteiger partial charge in [0.15, 0.2) is 0 Å². The van der Waals surface area contributed by atoms with Gasteiger partial charge >= 0.3 is 0 Å². The number of aromatic nitrogens is 1. The van der Waals surface area contributed by atoms with E-state index < -0.39 is 0 Å². The monoisotopic (exact) mass is 360 g/mol. The Hall–Kier alpha value is -3.18. The number of rotatable bonds is 4. The lowest BCUT2D eigenvalue weighted by molar-refractivity contribution is -0.122. The summed E-state index contributed by atoms with van der Waals surface area (Å²) in [7, 11) is 1.93. The van der Waals surface area contributed by atoms with Crippen LogP contribution in [0.5, 0.6) is 0 Å². The van der Waals surface area contributed by atoms with E-state index in [0.717, 1.165) is 26.9 Å². The van der Waals surface area contributed by atoms with Gasteiger partial charge in [0.25, 0.3) is 11.8 Å². The van der Waals surface area contributed by atoms with Crippen molar-refractivity contribution in [2.24, 2.45) is 7.05 Å². The quantitative estimate of drug-likeness (QED) is 0.713. The number of carbonyl (C=O) groups excluding carboxylic acids is 2. The predicted molar refractivity (Wildman–Crippen MR) is 107 cm³/mol. The SMILES string of the molecule is C=Cc1scc(C2=C(c3cn(C)c4ccccc34)C(=O)NC2=O)c1C=C. The first-order valence-corrected chi connectivity index (χ1v) is 8.96. The highest BCUT2D eigenvalue weighted by atomic mass is 32.1. The van der Waals surface area contributed by atoms with Crippen molar-refractivity contribution in [3.63, 3.8) is 0 Å². The third kappa shape index (κ3) is 2.21. The van der Waals surface area contributed by atoms with Gasteiger partial charge in [0.1, 0.15) is 0 Å². The van der Waals surface area contributed by atoms with Crippen molar-refractivity contribution in [1.29, 1.82) is 0 Å². The number of amides is 2. The maximum atomic E-state index is 12.7. The fraction of sp³-hybridized carbons (Fsp3) is 0.0476. The Morgan fingerprint density at radius 1 is 1.04 bits per heavy atom. The molecule has 1 aliphatic heterocycles. The minimum atomic E-state index is -0.380. The number of para-hydroxylation sites is 1. The molecule has 3 aromatic rings. The first-order valence-electron chi connectivity index (χ1n) is 8.08. The smallest absolute Gasteiger partial charge is 0.259 e. The number of thiophene rings is 1. The molecule has 0 bridgehead atoms. The highest BCUT2D eigenvalue weighted by Crippen LogP contribution is 2.39. The molecule has 1 N–H and O–H groups in total. The fourth-order valence-electron chi connectivity index (χ4n) is 3.45. The van der Waals surface area contributed by atoms with Crippen LogP contribution < -0.4 is 5.32 Å². The molecule has 2 amide bonds. The van der Waals surface area contributed by atoms with Gasteiger partial charge in [-0.25, -0.2) is 0 Å². The lowest BCUT2D eigenvalue weighted by atomic mass is 9.94. The molecule has 5 heteroatoms. The van der Waals surface area contributed by atoms with Crippen LogP contribution in [-0.2, 0) is 16.6 Å². The Morgan fingerprint density at radius 2 is 1.73 bits per heavy atom. The van der Waals surface area contributed by atoms with E-state index in [1.165, 1.54) is 11.3 Å². The van der Waals surface area contributed by atoms with E-state index in [4.69, 9.17) is 0 Å². The molecule has 0 fully saturated rings. The molecule has 4 nitrogen and oxygen atoms in total. The average Bonchev–Trinajstić information content (AvgIpc) is 3.28. The normalized spacial score (nSPS) is 14.2. The van der Waals surface area contributed by atoms with Crippen LogP contribution in [0.3, 0.4) is 0 Å². The summed E-state index contributed by atoms with van der Waals surface area (Å²) < 4.78 is 1.96. The third-order valence-electron chi connectivity index (χ3n) is 4.62. The van der Waals surface area contributed by atoms with Crippen LogP contribution in [0.4, 0.5) is 0 Å². The predicted octanol–water partition coefficient (Wildman–Crippen LogP) is 4.09.